The molecule has 130 valence electrons. The van der Waals surface area contributed by atoms with Crippen LogP contribution in [0.25, 0.3) is 0 Å². The largest absolute Gasteiger partial charge is 0.272 e. The predicted molar refractivity (Wildman–Crippen MR) is 102 cm³/mol. The molecule has 0 bridgehead atoms. The predicted octanol–water partition coefficient (Wildman–Crippen LogP) is 3.93. The van der Waals surface area contributed by atoms with Crippen LogP contribution in [0.5, 0.6) is 0 Å². The number of nitrogens with one attached hydrogen (secondary N) is 2. The van der Waals surface area contributed by atoms with Crippen molar-refractivity contribution >= 4 is 23.4 Å². The van der Waals surface area contributed by atoms with Gasteiger partial charge in [-0.2, -0.15) is 0 Å². The molecule has 3 rings (SSSR count). The summed E-state index contributed by atoms with van der Waals surface area (Å²) < 4.78 is 0. The van der Waals surface area contributed by atoms with Crippen molar-refractivity contribution in [2.24, 2.45) is 0 Å². The zero-order valence-corrected chi connectivity index (χ0v) is 14.6. The molecule has 2 amide bonds. The fourth-order valence-electron chi connectivity index (χ4n) is 2.65. The number of amides is 2. The molecule has 0 fully saturated rings. The minimum absolute atomic E-state index is 0.315. The standard InChI is InChI=1S/C21H17ClN2O2/c22-18-13-11-17(12-14-18)20(25)23-24-21(26)19(15-7-3-1-4-8-15)16-9-5-2-6-10-16/h1-14,19H,(H,23,25)(H,24,26). The Labute approximate surface area is 156 Å². The fraction of sp³-hybridized carbons (Fsp3) is 0.0476. The second kappa shape index (κ2) is 8.32. The maximum absolute atomic E-state index is 12.8. The smallest absolute Gasteiger partial charge is 0.269 e. The van der Waals surface area contributed by atoms with Gasteiger partial charge in [-0.1, -0.05) is 72.3 Å². The summed E-state index contributed by atoms with van der Waals surface area (Å²) in [6, 6.07) is 25.3. The molecular formula is C21H17ClN2O2. The van der Waals surface area contributed by atoms with E-state index in [1.54, 1.807) is 24.3 Å². The zero-order valence-electron chi connectivity index (χ0n) is 13.9. The van der Waals surface area contributed by atoms with Crippen LogP contribution in [-0.4, -0.2) is 11.8 Å². The number of rotatable bonds is 4. The van der Waals surface area contributed by atoms with Crippen molar-refractivity contribution in [2.45, 2.75) is 5.92 Å². The second-order valence-electron chi connectivity index (χ2n) is 5.70. The lowest BCUT2D eigenvalue weighted by molar-refractivity contribution is -0.122. The van der Waals surface area contributed by atoms with Gasteiger partial charge in [0.15, 0.2) is 0 Å². The van der Waals surface area contributed by atoms with Crippen LogP contribution in [0.2, 0.25) is 5.02 Å². The van der Waals surface area contributed by atoms with Crippen LogP contribution in [0, 0.1) is 0 Å². The van der Waals surface area contributed by atoms with Gasteiger partial charge in [0.05, 0.1) is 5.92 Å². The van der Waals surface area contributed by atoms with Crippen LogP contribution in [-0.2, 0) is 4.79 Å². The highest BCUT2D eigenvalue weighted by molar-refractivity contribution is 6.30. The lowest BCUT2D eigenvalue weighted by atomic mass is 9.91. The molecule has 26 heavy (non-hydrogen) atoms. The molecule has 0 unspecified atom stereocenters. The Bertz CT molecular complexity index is 841. The van der Waals surface area contributed by atoms with E-state index in [1.807, 2.05) is 60.7 Å². The zero-order chi connectivity index (χ0) is 18.4. The molecule has 0 aliphatic heterocycles. The van der Waals surface area contributed by atoms with Gasteiger partial charge in [0.1, 0.15) is 0 Å². The summed E-state index contributed by atoms with van der Waals surface area (Å²) in [5, 5.41) is 0.541. The third-order valence-electron chi connectivity index (χ3n) is 3.93. The number of carbonyl (C=O) groups is 2. The van der Waals surface area contributed by atoms with Crippen LogP contribution >= 0.6 is 11.6 Å². The third-order valence-corrected chi connectivity index (χ3v) is 4.19. The molecule has 3 aromatic rings. The van der Waals surface area contributed by atoms with Crippen molar-refractivity contribution in [3.63, 3.8) is 0 Å². The van der Waals surface area contributed by atoms with E-state index in [9.17, 15) is 9.59 Å². The molecule has 2 N–H and O–H groups in total. The molecule has 0 aromatic heterocycles. The molecule has 0 aliphatic carbocycles. The van der Waals surface area contributed by atoms with Gasteiger partial charge in [-0.25, -0.2) is 0 Å². The van der Waals surface area contributed by atoms with Gasteiger partial charge in [-0.05, 0) is 35.4 Å². The second-order valence-corrected chi connectivity index (χ2v) is 6.14. The summed E-state index contributed by atoms with van der Waals surface area (Å²) in [6.07, 6.45) is 0. The van der Waals surface area contributed by atoms with Crippen molar-refractivity contribution < 1.29 is 9.59 Å². The van der Waals surface area contributed by atoms with E-state index in [0.29, 0.717) is 10.6 Å². The van der Waals surface area contributed by atoms with E-state index < -0.39 is 11.8 Å². The lowest BCUT2D eigenvalue weighted by Crippen LogP contribution is -2.44. The quantitative estimate of drug-likeness (QED) is 0.689. The number of hydrogen-bond acceptors (Lipinski definition) is 2. The summed E-state index contributed by atoms with van der Waals surface area (Å²) >= 11 is 5.82. The minimum Gasteiger partial charge on any atom is -0.272 e. The van der Waals surface area contributed by atoms with Crippen molar-refractivity contribution in [3.05, 3.63) is 107 Å². The van der Waals surface area contributed by atoms with Crippen molar-refractivity contribution in [1.29, 1.82) is 0 Å². The van der Waals surface area contributed by atoms with E-state index in [2.05, 4.69) is 10.9 Å². The Morgan fingerprint density at radius 3 is 1.69 bits per heavy atom. The lowest BCUT2D eigenvalue weighted by Gasteiger charge is -2.18. The molecule has 0 heterocycles. The molecule has 5 heteroatoms. The molecule has 3 aromatic carbocycles. The van der Waals surface area contributed by atoms with Crippen LogP contribution in [0.4, 0.5) is 0 Å². The maximum Gasteiger partial charge on any atom is 0.269 e. The average Bonchev–Trinajstić information content (AvgIpc) is 2.68. The molecule has 0 saturated heterocycles. The molecular weight excluding hydrogens is 348 g/mol. The first-order chi connectivity index (χ1) is 12.6. The first kappa shape index (κ1) is 17.7. The molecule has 0 saturated carbocycles. The number of benzene rings is 3. The summed E-state index contributed by atoms with van der Waals surface area (Å²) in [4.78, 5) is 25.0. The van der Waals surface area contributed by atoms with Gasteiger partial charge in [0, 0.05) is 10.6 Å². The molecule has 0 radical (unpaired) electrons. The van der Waals surface area contributed by atoms with E-state index >= 15 is 0 Å². The third kappa shape index (κ3) is 4.29. The summed E-state index contributed by atoms with van der Waals surface area (Å²) in [6.45, 7) is 0. The first-order valence-electron chi connectivity index (χ1n) is 8.11. The van der Waals surface area contributed by atoms with E-state index in [-0.39, 0.29) is 5.91 Å². The summed E-state index contributed by atoms with van der Waals surface area (Å²) in [5.41, 5.74) is 7.07. The number of hydrazine groups is 1. The first-order valence-corrected chi connectivity index (χ1v) is 8.48. The van der Waals surface area contributed by atoms with Gasteiger partial charge >= 0.3 is 0 Å². The highest BCUT2D eigenvalue weighted by Crippen LogP contribution is 2.24. The van der Waals surface area contributed by atoms with Gasteiger partial charge < -0.3 is 0 Å². The topological polar surface area (TPSA) is 58.2 Å². The Morgan fingerprint density at radius 1 is 0.692 bits per heavy atom. The van der Waals surface area contributed by atoms with Crippen molar-refractivity contribution in [3.8, 4) is 0 Å². The highest BCUT2D eigenvalue weighted by Gasteiger charge is 2.23. The van der Waals surface area contributed by atoms with Gasteiger partial charge in [0.25, 0.3) is 5.91 Å². The molecule has 4 nitrogen and oxygen atoms in total. The Hall–Kier alpha value is -3.11. The minimum atomic E-state index is -0.525. The van der Waals surface area contributed by atoms with Gasteiger partial charge in [-0.3, -0.25) is 20.4 Å². The van der Waals surface area contributed by atoms with Crippen molar-refractivity contribution in [1.82, 2.24) is 10.9 Å². The summed E-state index contributed by atoms with van der Waals surface area (Å²) in [7, 11) is 0. The Kier molecular flexibility index (Phi) is 5.66. The Balaban J connectivity index is 1.76. The van der Waals surface area contributed by atoms with E-state index in [0.717, 1.165) is 11.1 Å². The molecule has 0 spiro atoms. The van der Waals surface area contributed by atoms with Gasteiger partial charge in [0.2, 0.25) is 5.91 Å². The maximum atomic E-state index is 12.8. The highest BCUT2D eigenvalue weighted by atomic mass is 35.5. The summed E-state index contributed by atoms with van der Waals surface area (Å²) in [5.74, 6) is -1.25. The molecule has 0 aliphatic rings. The van der Waals surface area contributed by atoms with E-state index in [4.69, 9.17) is 11.6 Å². The van der Waals surface area contributed by atoms with Gasteiger partial charge in [-0.15, -0.1) is 0 Å². The monoisotopic (exact) mass is 364 g/mol. The Morgan fingerprint density at radius 2 is 1.19 bits per heavy atom. The number of hydrogen-bond donors (Lipinski definition) is 2. The number of halogens is 1. The van der Waals surface area contributed by atoms with Crippen LogP contribution in [0.15, 0.2) is 84.9 Å². The SMILES string of the molecule is O=C(NNC(=O)C(c1ccccc1)c1ccccc1)c1ccc(Cl)cc1. The van der Waals surface area contributed by atoms with Crippen LogP contribution in [0.3, 0.4) is 0 Å². The fourth-order valence-corrected chi connectivity index (χ4v) is 2.78. The van der Waals surface area contributed by atoms with Crippen molar-refractivity contribution in [2.75, 3.05) is 0 Å². The number of carbonyl (C=O) groups excluding carboxylic acids is 2. The van der Waals surface area contributed by atoms with E-state index in [1.165, 1.54) is 0 Å². The molecule has 0 atom stereocenters. The van der Waals surface area contributed by atoms with Crippen LogP contribution < -0.4 is 10.9 Å². The average molecular weight is 365 g/mol. The normalized spacial score (nSPS) is 10.4. The van der Waals surface area contributed by atoms with Crippen LogP contribution in [0.1, 0.15) is 27.4 Å².